The van der Waals surface area contributed by atoms with Gasteiger partial charge in [-0.1, -0.05) is 24.3 Å². The van der Waals surface area contributed by atoms with Crippen LogP contribution in [-0.4, -0.2) is 61.4 Å². The summed E-state index contributed by atoms with van der Waals surface area (Å²) in [5, 5.41) is 3.72. The number of carbonyl (C=O) groups is 1. The normalized spacial score (nSPS) is 24.4. The Morgan fingerprint density at radius 1 is 1.14 bits per heavy atom. The number of nitrogens with zero attached hydrogens (tertiary/aromatic N) is 3. The molecule has 6 heteroatoms. The smallest absolute Gasteiger partial charge is 0.243 e. The van der Waals surface area contributed by atoms with Crippen molar-refractivity contribution in [2.75, 3.05) is 33.7 Å². The van der Waals surface area contributed by atoms with Gasteiger partial charge in [-0.25, -0.2) is 4.99 Å². The molecule has 2 unspecified atom stereocenters. The molecule has 1 aliphatic heterocycles. The zero-order valence-electron chi connectivity index (χ0n) is 17.1. The number of hydrogen-bond acceptors (Lipinski definition) is 2. The summed E-state index contributed by atoms with van der Waals surface area (Å²) in [6.07, 6.45) is 7.34. The van der Waals surface area contributed by atoms with E-state index in [1.807, 2.05) is 0 Å². The van der Waals surface area contributed by atoms with Gasteiger partial charge >= 0.3 is 0 Å². The molecule has 5 nitrogen and oxygen atoms in total. The maximum atomic E-state index is 12.1. The van der Waals surface area contributed by atoms with Gasteiger partial charge in [0, 0.05) is 33.2 Å². The summed E-state index contributed by atoms with van der Waals surface area (Å²) >= 11 is 0. The molecule has 4 rings (SSSR count). The Labute approximate surface area is 186 Å². The lowest BCUT2D eigenvalue weighted by atomic mass is 9.88. The Hall–Kier alpha value is -1.31. The van der Waals surface area contributed by atoms with E-state index < -0.39 is 0 Å². The summed E-state index contributed by atoms with van der Waals surface area (Å²) in [5.41, 5.74) is 2.93. The molecular weight excluding hydrogens is 463 g/mol. The second-order valence-electron chi connectivity index (χ2n) is 8.61. The number of rotatable bonds is 4. The Bertz CT molecular complexity index is 716. The number of likely N-dealkylation sites (tertiary alicyclic amines) is 1. The number of nitrogens with one attached hydrogen (secondary N) is 1. The lowest BCUT2D eigenvalue weighted by molar-refractivity contribution is -0.127. The predicted octanol–water partition coefficient (Wildman–Crippen LogP) is 2.93. The maximum absolute atomic E-state index is 12.1. The highest BCUT2D eigenvalue weighted by molar-refractivity contribution is 14.0. The minimum Gasteiger partial charge on any atom is -0.353 e. The Balaban J connectivity index is 0.00000225. The van der Waals surface area contributed by atoms with Crippen molar-refractivity contribution in [2.24, 2.45) is 16.8 Å². The SMILES string of the molecule is CN(C)C(=O)CN=C(NC1CCc2ccccc2C1)N1CCC(C2CC2)C1.I. The number of carbonyl (C=O) groups excluding carboxylic acids is 1. The van der Waals surface area contributed by atoms with Crippen molar-refractivity contribution in [1.29, 1.82) is 0 Å². The highest BCUT2D eigenvalue weighted by Crippen LogP contribution is 2.41. The van der Waals surface area contributed by atoms with E-state index in [1.54, 1.807) is 19.0 Å². The van der Waals surface area contributed by atoms with E-state index in [2.05, 4.69) is 34.5 Å². The van der Waals surface area contributed by atoms with Crippen molar-refractivity contribution < 1.29 is 4.79 Å². The van der Waals surface area contributed by atoms with E-state index in [0.29, 0.717) is 6.04 Å². The molecular formula is C22H33IN4O. The van der Waals surface area contributed by atoms with E-state index in [-0.39, 0.29) is 36.4 Å². The Morgan fingerprint density at radius 2 is 1.89 bits per heavy atom. The minimum atomic E-state index is 0. The largest absolute Gasteiger partial charge is 0.353 e. The van der Waals surface area contributed by atoms with E-state index in [0.717, 1.165) is 50.1 Å². The molecule has 1 aromatic rings. The molecule has 2 atom stereocenters. The number of fused-ring (bicyclic) bond motifs is 1. The van der Waals surface area contributed by atoms with Crippen LogP contribution in [-0.2, 0) is 17.6 Å². The highest BCUT2D eigenvalue weighted by atomic mass is 127. The average molecular weight is 496 g/mol. The van der Waals surface area contributed by atoms with Gasteiger partial charge in [-0.2, -0.15) is 0 Å². The van der Waals surface area contributed by atoms with Gasteiger partial charge in [0.1, 0.15) is 6.54 Å². The molecule has 3 aliphatic rings. The fourth-order valence-corrected chi connectivity index (χ4v) is 4.46. The molecule has 0 radical (unpaired) electrons. The van der Waals surface area contributed by atoms with Crippen LogP contribution in [0.5, 0.6) is 0 Å². The van der Waals surface area contributed by atoms with Gasteiger partial charge in [0.15, 0.2) is 5.96 Å². The van der Waals surface area contributed by atoms with Crippen molar-refractivity contribution in [3.8, 4) is 0 Å². The van der Waals surface area contributed by atoms with Gasteiger partial charge in [0.2, 0.25) is 5.91 Å². The molecule has 1 saturated heterocycles. The van der Waals surface area contributed by atoms with Crippen molar-refractivity contribution >= 4 is 35.8 Å². The topological polar surface area (TPSA) is 47.9 Å². The zero-order valence-corrected chi connectivity index (χ0v) is 19.4. The standard InChI is InChI=1S/C22H32N4O.HI/c1-25(2)21(27)14-23-22(26-12-11-19(15-26)17-7-8-17)24-20-10-9-16-5-3-4-6-18(16)13-20;/h3-6,17,19-20H,7-15H2,1-2H3,(H,23,24);1H. The van der Waals surface area contributed by atoms with Gasteiger partial charge in [0.25, 0.3) is 0 Å². The number of guanidine groups is 1. The number of aliphatic imine (C=N–C) groups is 1. The summed E-state index contributed by atoms with van der Waals surface area (Å²) in [6.45, 7) is 2.38. The third kappa shape index (κ3) is 5.19. The minimum absolute atomic E-state index is 0. The average Bonchev–Trinajstić information content (AvgIpc) is 3.41. The van der Waals surface area contributed by atoms with Crippen LogP contribution in [0.2, 0.25) is 0 Å². The third-order valence-corrected chi connectivity index (χ3v) is 6.36. The predicted molar refractivity (Wildman–Crippen MR) is 124 cm³/mol. The van der Waals surface area contributed by atoms with Crippen LogP contribution in [0.1, 0.15) is 36.8 Å². The van der Waals surface area contributed by atoms with Crippen LogP contribution in [0, 0.1) is 11.8 Å². The van der Waals surface area contributed by atoms with Gasteiger partial charge in [-0.3, -0.25) is 4.79 Å². The fourth-order valence-electron chi connectivity index (χ4n) is 4.46. The number of amides is 1. The quantitative estimate of drug-likeness (QED) is 0.396. The van der Waals surface area contributed by atoms with Crippen molar-refractivity contribution in [1.82, 2.24) is 15.1 Å². The first-order valence-electron chi connectivity index (χ1n) is 10.4. The number of halogens is 1. The Kier molecular flexibility index (Phi) is 7.23. The number of likely N-dealkylation sites (N-methyl/N-ethyl adjacent to an activating group) is 1. The molecule has 154 valence electrons. The molecule has 1 heterocycles. The zero-order chi connectivity index (χ0) is 18.8. The third-order valence-electron chi connectivity index (χ3n) is 6.36. The van der Waals surface area contributed by atoms with E-state index >= 15 is 0 Å². The summed E-state index contributed by atoms with van der Waals surface area (Å²) in [5.74, 6) is 2.74. The molecule has 1 N–H and O–H groups in total. The number of benzene rings is 1. The van der Waals surface area contributed by atoms with Gasteiger partial charge in [0.05, 0.1) is 0 Å². The number of hydrogen-bond donors (Lipinski definition) is 1. The van der Waals surface area contributed by atoms with Crippen LogP contribution in [0.15, 0.2) is 29.3 Å². The van der Waals surface area contributed by atoms with Crippen molar-refractivity contribution in [3.63, 3.8) is 0 Å². The summed E-state index contributed by atoms with van der Waals surface area (Å²) in [4.78, 5) is 20.8. The van der Waals surface area contributed by atoms with Crippen LogP contribution in [0.25, 0.3) is 0 Å². The first-order chi connectivity index (χ1) is 13.1. The molecule has 0 spiro atoms. The molecule has 2 aliphatic carbocycles. The fraction of sp³-hybridized carbons (Fsp3) is 0.636. The molecule has 1 aromatic carbocycles. The first kappa shape index (κ1) is 21.4. The first-order valence-corrected chi connectivity index (χ1v) is 10.4. The van der Waals surface area contributed by atoms with Crippen molar-refractivity contribution in [3.05, 3.63) is 35.4 Å². The second-order valence-corrected chi connectivity index (χ2v) is 8.61. The van der Waals surface area contributed by atoms with Crippen LogP contribution in [0.4, 0.5) is 0 Å². The highest BCUT2D eigenvalue weighted by Gasteiger charge is 2.37. The van der Waals surface area contributed by atoms with Crippen LogP contribution >= 0.6 is 24.0 Å². The van der Waals surface area contributed by atoms with E-state index in [4.69, 9.17) is 4.99 Å². The summed E-state index contributed by atoms with van der Waals surface area (Å²) < 4.78 is 0. The maximum Gasteiger partial charge on any atom is 0.243 e. The molecule has 28 heavy (non-hydrogen) atoms. The van der Waals surface area contributed by atoms with E-state index in [9.17, 15) is 4.79 Å². The lowest BCUT2D eigenvalue weighted by Crippen LogP contribution is -2.47. The van der Waals surface area contributed by atoms with Gasteiger partial charge in [-0.05, 0) is 61.5 Å². The molecule has 0 bridgehead atoms. The van der Waals surface area contributed by atoms with Gasteiger partial charge in [-0.15, -0.1) is 24.0 Å². The molecule has 1 amide bonds. The number of aryl methyl sites for hydroxylation is 1. The molecule has 1 saturated carbocycles. The van der Waals surface area contributed by atoms with Crippen LogP contribution in [0.3, 0.4) is 0 Å². The van der Waals surface area contributed by atoms with E-state index in [1.165, 1.54) is 30.4 Å². The summed E-state index contributed by atoms with van der Waals surface area (Å²) in [7, 11) is 3.59. The molecule has 0 aromatic heterocycles. The second kappa shape index (κ2) is 9.46. The van der Waals surface area contributed by atoms with Crippen molar-refractivity contribution in [2.45, 2.75) is 44.6 Å². The van der Waals surface area contributed by atoms with Gasteiger partial charge < -0.3 is 15.1 Å². The van der Waals surface area contributed by atoms with Crippen LogP contribution < -0.4 is 5.32 Å². The lowest BCUT2D eigenvalue weighted by Gasteiger charge is -2.30. The summed E-state index contributed by atoms with van der Waals surface area (Å²) in [6, 6.07) is 9.15. The monoisotopic (exact) mass is 496 g/mol. The Morgan fingerprint density at radius 3 is 2.61 bits per heavy atom. The molecule has 2 fully saturated rings.